The highest BCUT2D eigenvalue weighted by molar-refractivity contribution is 5.84. The molecule has 0 fully saturated rings. The Morgan fingerprint density at radius 2 is 0.920 bits per heavy atom. The first-order valence-electron chi connectivity index (χ1n) is 17.5. The molecule has 1 aliphatic rings. The van der Waals surface area contributed by atoms with Crippen LogP contribution in [0, 0.1) is 11.8 Å². The summed E-state index contributed by atoms with van der Waals surface area (Å²) in [6.07, 6.45) is 9.84. The van der Waals surface area contributed by atoms with Gasteiger partial charge in [-0.05, 0) is 101 Å². The average molecular weight is 646 g/mol. The molecule has 3 aromatic heterocycles. The molecule has 0 saturated heterocycles. The molecule has 50 heavy (non-hydrogen) atoms. The van der Waals surface area contributed by atoms with Gasteiger partial charge >= 0.3 is 0 Å². The second-order valence-electron chi connectivity index (χ2n) is 13.5. The Morgan fingerprint density at radius 1 is 0.420 bits per heavy atom. The van der Waals surface area contributed by atoms with E-state index in [1.54, 1.807) is 0 Å². The third-order valence-electron chi connectivity index (χ3n) is 9.86. The fourth-order valence-corrected chi connectivity index (χ4v) is 7.26. The van der Waals surface area contributed by atoms with Crippen molar-refractivity contribution in [3.63, 3.8) is 0 Å². The van der Waals surface area contributed by atoms with Gasteiger partial charge in [-0.25, -0.2) is 4.98 Å². The van der Waals surface area contributed by atoms with Gasteiger partial charge in [-0.2, -0.15) is 0 Å². The number of aromatic nitrogens is 3. The third kappa shape index (κ3) is 6.68. The van der Waals surface area contributed by atoms with Gasteiger partial charge in [0.2, 0.25) is 0 Å². The molecule has 3 atom stereocenters. The van der Waals surface area contributed by atoms with E-state index in [1.807, 2.05) is 24.5 Å². The van der Waals surface area contributed by atoms with Crippen LogP contribution in [0.25, 0.3) is 67.3 Å². The second kappa shape index (κ2) is 13.9. The van der Waals surface area contributed by atoms with Gasteiger partial charge < -0.3 is 0 Å². The van der Waals surface area contributed by atoms with Gasteiger partial charge in [-0.3, -0.25) is 9.97 Å². The molecule has 0 saturated carbocycles. The highest BCUT2D eigenvalue weighted by Crippen LogP contribution is 2.39. The van der Waals surface area contributed by atoms with Crippen molar-refractivity contribution in [1.29, 1.82) is 0 Å². The van der Waals surface area contributed by atoms with Gasteiger partial charge in [-0.1, -0.05) is 117 Å². The van der Waals surface area contributed by atoms with E-state index >= 15 is 0 Å². The standard InChI is InChI=1S/C47H39N3/c1-32-18-19-43(33(2)24-32)38-21-23-49-45(29-38)42-26-39(25-41(27-42)44-28-37(20-22-48-44)34-12-6-3-7-13-34)40-30-46(35-14-8-4-9-15-35)50-47(31-40)36-16-10-5-11-17-36/h3-23,25-33,43H,24H2,1-2H3. The normalized spacial score (nSPS) is 17.0. The van der Waals surface area contributed by atoms with Crippen LogP contribution < -0.4 is 0 Å². The van der Waals surface area contributed by atoms with Crippen LogP contribution in [0.3, 0.4) is 0 Å². The third-order valence-corrected chi connectivity index (χ3v) is 9.86. The smallest absolute Gasteiger partial charge is 0.0715 e. The summed E-state index contributed by atoms with van der Waals surface area (Å²) in [4.78, 5) is 15.0. The molecule has 0 spiro atoms. The number of hydrogen-bond donors (Lipinski definition) is 0. The molecule has 0 aliphatic heterocycles. The predicted molar refractivity (Wildman–Crippen MR) is 207 cm³/mol. The molecule has 0 N–H and O–H groups in total. The first kappa shape index (κ1) is 31.3. The summed E-state index contributed by atoms with van der Waals surface area (Å²) in [6.45, 7) is 4.67. The summed E-state index contributed by atoms with van der Waals surface area (Å²) in [7, 11) is 0. The van der Waals surface area contributed by atoms with Crippen molar-refractivity contribution in [3.05, 3.63) is 176 Å². The Hall–Kier alpha value is -5.93. The van der Waals surface area contributed by atoms with Crippen LogP contribution in [-0.2, 0) is 0 Å². The SMILES string of the molecule is CC1C=CC(c2ccnc(-c3cc(-c4cc(-c5ccccc5)nc(-c5ccccc5)c4)cc(-c4cc(-c5ccccc5)ccn4)c3)c2)C(C)C1. The van der Waals surface area contributed by atoms with Crippen LogP contribution in [0.15, 0.2) is 170 Å². The van der Waals surface area contributed by atoms with Crippen LogP contribution in [0.2, 0.25) is 0 Å². The Bertz CT molecular complexity index is 2220. The fraction of sp³-hybridized carbons (Fsp3) is 0.128. The first-order valence-corrected chi connectivity index (χ1v) is 17.5. The minimum Gasteiger partial charge on any atom is -0.256 e. The zero-order chi connectivity index (χ0) is 33.9. The quantitative estimate of drug-likeness (QED) is 0.162. The van der Waals surface area contributed by atoms with Crippen molar-refractivity contribution in [2.24, 2.45) is 11.8 Å². The summed E-state index contributed by atoms with van der Waals surface area (Å²) in [5.74, 6) is 1.56. The summed E-state index contributed by atoms with van der Waals surface area (Å²) in [6, 6.07) is 51.3. The lowest BCUT2D eigenvalue weighted by molar-refractivity contribution is 0.407. The molecule has 242 valence electrons. The molecule has 7 aromatic rings. The molecule has 1 aliphatic carbocycles. The molecule has 4 aromatic carbocycles. The molecule has 3 nitrogen and oxygen atoms in total. The highest BCUT2D eigenvalue weighted by Gasteiger charge is 2.23. The minimum atomic E-state index is 0.377. The summed E-state index contributed by atoms with van der Waals surface area (Å²) in [5.41, 5.74) is 13.8. The van der Waals surface area contributed by atoms with Gasteiger partial charge in [0, 0.05) is 40.6 Å². The number of benzene rings is 4. The number of hydrogen-bond acceptors (Lipinski definition) is 3. The monoisotopic (exact) mass is 645 g/mol. The van der Waals surface area contributed by atoms with E-state index in [-0.39, 0.29) is 0 Å². The second-order valence-corrected chi connectivity index (χ2v) is 13.5. The lowest BCUT2D eigenvalue weighted by Gasteiger charge is -2.28. The van der Waals surface area contributed by atoms with Crippen LogP contribution >= 0.6 is 0 Å². The molecular formula is C47H39N3. The lowest BCUT2D eigenvalue weighted by Crippen LogP contribution is -2.15. The number of pyridine rings is 3. The zero-order valence-electron chi connectivity index (χ0n) is 28.4. The molecule has 0 amide bonds. The summed E-state index contributed by atoms with van der Waals surface area (Å²) < 4.78 is 0. The van der Waals surface area contributed by atoms with Crippen LogP contribution in [0.5, 0.6) is 0 Å². The molecule has 3 unspecified atom stereocenters. The van der Waals surface area contributed by atoms with Crippen LogP contribution in [0.4, 0.5) is 0 Å². The van der Waals surface area contributed by atoms with Gasteiger partial charge in [0.25, 0.3) is 0 Å². The van der Waals surface area contributed by atoms with Crippen molar-refractivity contribution in [1.82, 2.24) is 15.0 Å². The summed E-state index contributed by atoms with van der Waals surface area (Å²) in [5, 5.41) is 0. The van der Waals surface area contributed by atoms with E-state index in [1.165, 1.54) is 17.5 Å². The average Bonchev–Trinajstić information content (AvgIpc) is 3.19. The van der Waals surface area contributed by atoms with E-state index in [4.69, 9.17) is 15.0 Å². The largest absolute Gasteiger partial charge is 0.256 e. The van der Waals surface area contributed by atoms with E-state index in [2.05, 4.69) is 159 Å². The Labute approximate surface area is 295 Å². The maximum atomic E-state index is 5.15. The molecule has 0 radical (unpaired) electrons. The zero-order valence-corrected chi connectivity index (χ0v) is 28.4. The minimum absolute atomic E-state index is 0.377. The van der Waals surface area contributed by atoms with Crippen molar-refractivity contribution in [2.45, 2.75) is 26.2 Å². The van der Waals surface area contributed by atoms with E-state index in [0.29, 0.717) is 17.8 Å². The molecule has 0 bridgehead atoms. The van der Waals surface area contributed by atoms with Gasteiger partial charge in [0.05, 0.1) is 22.8 Å². The predicted octanol–water partition coefficient (Wildman–Crippen LogP) is 12.2. The Morgan fingerprint density at radius 3 is 1.52 bits per heavy atom. The first-order chi connectivity index (χ1) is 24.6. The van der Waals surface area contributed by atoms with E-state index in [0.717, 1.165) is 61.7 Å². The topological polar surface area (TPSA) is 38.7 Å². The Balaban J connectivity index is 1.31. The van der Waals surface area contributed by atoms with Gasteiger partial charge in [0.1, 0.15) is 0 Å². The fourth-order valence-electron chi connectivity index (χ4n) is 7.26. The maximum Gasteiger partial charge on any atom is 0.0715 e. The molecule has 3 heteroatoms. The lowest BCUT2D eigenvalue weighted by atomic mass is 9.77. The van der Waals surface area contributed by atoms with E-state index < -0.39 is 0 Å². The molecular weight excluding hydrogens is 607 g/mol. The summed E-state index contributed by atoms with van der Waals surface area (Å²) >= 11 is 0. The number of nitrogens with zero attached hydrogens (tertiary/aromatic N) is 3. The Kier molecular flexibility index (Phi) is 8.71. The van der Waals surface area contributed by atoms with Crippen molar-refractivity contribution >= 4 is 0 Å². The maximum absolute atomic E-state index is 5.15. The molecule has 8 rings (SSSR count). The van der Waals surface area contributed by atoms with Crippen molar-refractivity contribution in [2.75, 3.05) is 0 Å². The van der Waals surface area contributed by atoms with Crippen LogP contribution in [0.1, 0.15) is 31.7 Å². The van der Waals surface area contributed by atoms with Crippen LogP contribution in [-0.4, -0.2) is 15.0 Å². The van der Waals surface area contributed by atoms with E-state index in [9.17, 15) is 0 Å². The van der Waals surface area contributed by atoms with Crippen molar-refractivity contribution < 1.29 is 0 Å². The molecule has 3 heterocycles. The number of rotatable bonds is 7. The number of allylic oxidation sites excluding steroid dienone is 2. The van der Waals surface area contributed by atoms with Crippen molar-refractivity contribution in [3.8, 4) is 67.3 Å². The highest BCUT2D eigenvalue weighted by atomic mass is 14.7. The van der Waals surface area contributed by atoms with Gasteiger partial charge in [0.15, 0.2) is 0 Å². The van der Waals surface area contributed by atoms with Gasteiger partial charge in [-0.15, -0.1) is 0 Å².